The summed E-state index contributed by atoms with van der Waals surface area (Å²) in [5.74, 6) is -2.11. The van der Waals surface area contributed by atoms with Gasteiger partial charge in [0.1, 0.15) is 12.3 Å². The molecule has 33 heavy (non-hydrogen) atoms. The van der Waals surface area contributed by atoms with Crippen molar-refractivity contribution in [2.24, 2.45) is 0 Å². The highest BCUT2D eigenvalue weighted by Gasteiger charge is 2.30. The number of halogens is 2. The first-order valence-corrected chi connectivity index (χ1v) is 11.4. The lowest BCUT2D eigenvalue weighted by Gasteiger charge is -2.30. The molecule has 176 valence electrons. The molecule has 0 aromatic carbocycles. The zero-order chi connectivity index (χ0) is 24.6. The van der Waals surface area contributed by atoms with Gasteiger partial charge in [0.05, 0.1) is 5.56 Å². The van der Waals surface area contributed by atoms with Crippen molar-refractivity contribution in [2.45, 2.75) is 44.9 Å². The standard InChI is InChI=1S/C22H24F2N4O4S/c1-14-8-10-25-17(11-14)33(30,31)28-12-15(13-32-21(29)27(5)22(2,3)4)18(23)19(28)16-7-6-9-26-20(16)24/h6-12H,13H2,1-5H3. The van der Waals surface area contributed by atoms with Crippen LogP contribution in [0.1, 0.15) is 31.9 Å². The van der Waals surface area contributed by atoms with Crippen LogP contribution >= 0.6 is 0 Å². The van der Waals surface area contributed by atoms with Crippen LogP contribution in [0.3, 0.4) is 0 Å². The zero-order valence-corrected chi connectivity index (χ0v) is 19.7. The van der Waals surface area contributed by atoms with Crippen LogP contribution in [-0.2, 0) is 21.4 Å². The molecule has 0 aliphatic rings. The maximum Gasteiger partial charge on any atom is 0.410 e. The maximum absolute atomic E-state index is 15.5. The molecule has 3 heterocycles. The number of carbonyl (C=O) groups excluding carboxylic acids is 1. The molecule has 0 aliphatic carbocycles. The van der Waals surface area contributed by atoms with Gasteiger partial charge in [0, 0.05) is 36.7 Å². The average Bonchev–Trinajstić information content (AvgIpc) is 3.08. The van der Waals surface area contributed by atoms with Crippen LogP contribution in [-0.4, -0.2) is 45.9 Å². The van der Waals surface area contributed by atoms with Crippen LogP contribution in [0.15, 0.2) is 47.9 Å². The molecular formula is C22H24F2N4O4S. The van der Waals surface area contributed by atoms with Gasteiger partial charge in [0.25, 0.3) is 10.0 Å². The van der Waals surface area contributed by atoms with Gasteiger partial charge in [-0.05, 0) is 57.5 Å². The lowest BCUT2D eigenvalue weighted by atomic mass is 10.1. The number of aromatic nitrogens is 3. The minimum absolute atomic E-state index is 0.250. The van der Waals surface area contributed by atoms with Crippen molar-refractivity contribution in [1.29, 1.82) is 0 Å². The van der Waals surface area contributed by atoms with Crippen molar-refractivity contribution in [3.8, 4) is 11.3 Å². The van der Waals surface area contributed by atoms with Gasteiger partial charge in [0.15, 0.2) is 10.8 Å². The number of pyridine rings is 2. The van der Waals surface area contributed by atoms with E-state index in [4.69, 9.17) is 4.74 Å². The van der Waals surface area contributed by atoms with Crippen molar-refractivity contribution >= 4 is 16.1 Å². The largest absolute Gasteiger partial charge is 0.444 e. The van der Waals surface area contributed by atoms with Gasteiger partial charge in [-0.2, -0.15) is 12.8 Å². The Morgan fingerprint density at radius 1 is 1.18 bits per heavy atom. The van der Waals surface area contributed by atoms with Crippen molar-refractivity contribution < 1.29 is 26.7 Å². The predicted molar refractivity (Wildman–Crippen MR) is 117 cm³/mol. The topological polar surface area (TPSA) is 94.4 Å². The number of amides is 1. The van der Waals surface area contributed by atoms with E-state index in [-0.39, 0.29) is 16.2 Å². The summed E-state index contributed by atoms with van der Waals surface area (Å²) in [6, 6.07) is 5.48. The summed E-state index contributed by atoms with van der Waals surface area (Å²) in [5, 5.41) is -0.348. The molecule has 0 fully saturated rings. The van der Waals surface area contributed by atoms with Gasteiger partial charge < -0.3 is 9.64 Å². The van der Waals surface area contributed by atoms with Crippen LogP contribution < -0.4 is 0 Å². The number of hydrogen-bond donors (Lipinski definition) is 0. The Bertz CT molecular complexity index is 1300. The summed E-state index contributed by atoms with van der Waals surface area (Å²) in [4.78, 5) is 21.0. The highest BCUT2D eigenvalue weighted by atomic mass is 32.2. The highest BCUT2D eigenvalue weighted by Crippen LogP contribution is 2.32. The molecule has 0 spiro atoms. The lowest BCUT2D eigenvalue weighted by molar-refractivity contribution is 0.0753. The normalized spacial score (nSPS) is 12.0. The molecule has 0 unspecified atom stereocenters. The second-order valence-electron chi connectivity index (χ2n) is 8.42. The highest BCUT2D eigenvalue weighted by molar-refractivity contribution is 7.90. The summed E-state index contributed by atoms with van der Waals surface area (Å²) in [5.41, 5.74) is -1.12. The minimum atomic E-state index is -4.42. The van der Waals surface area contributed by atoms with E-state index in [2.05, 4.69) is 9.97 Å². The van der Waals surface area contributed by atoms with E-state index in [1.54, 1.807) is 33.8 Å². The molecule has 0 radical (unpaired) electrons. The smallest absolute Gasteiger partial charge is 0.410 e. The molecule has 0 atom stereocenters. The van der Waals surface area contributed by atoms with E-state index >= 15 is 4.39 Å². The Balaban J connectivity index is 2.11. The molecule has 0 saturated heterocycles. The molecule has 1 amide bonds. The Morgan fingerprint density at radius 2 is 1.88 bits per heavy atom. The number of hydrogen-bond acceptors (Lipinski definition) is 6. The van der Waals surface area contributed by atoms with E-state index in [1.165, 1.54) is 36.3 Å². The molecule has 3 aromatic heterocycles. The predicted octanol–water partition coefficient (Wildman–Crippen LogP) is 4.14. The van der Waals surface area contributed by atoms with Gasteiger partial charge in [-0.25, -0.2) is 23.1 Å². The fourth-order valence-corrected chi connectivity index (χ4v) is 4.28. The average molecular weight is 479 g/mol. The number of ether oxygens (including phenoxy) is 1. The first-order chi connectivity index (χ1) is 15.3. The number of rotatable bonds is 5. The molecule has 0 N–H and O–H groups in total. The summed E-state index contributed by atoms with van der Waals surface area (Å²) in [6.45, 7) is 6.47. The summed E-state index contributed by atoms with van der Waals surface area (Å²) < 4.78 is 62.3. The third-order valence-electron chi connectivity index (χ3n) is 5.04. The Kier molecular flexibility index (Phi) is 6.55. The van der Waals surface area contributed by atoms with Crippen molar-refractivity contribution in [2.75, 3.05) is 7.05 Å². The first kappa shape index (κ1) is 24.3. The molecule has 8 nitrogen and oxygen atoms in total. The van der Waals surface area contributed by atoms with Crippen LogP contribution in [0.25, 0.3) is 11.3 Å². The molecule has 0 aliphatic heterocycles. The van der Waals surface area contributed by atoms with Crippen molar-refractivity contribution in [1.82, 2.24) is 18.8 Å². The molecule has 3 rings (SSSR count). The van der Waals surface area contributed by atoms with E-state index in [9.17, 15) is 17.6 Å². The van der Waals surface area contributed by atoms with Crippen LogP contribution in [0.4, 0.5) is 13.6 Å². The van der Waals surface area contributed by atoms with Crippen molar-refractivity contribution in [3.63, 3.8) is 0 Å². The van der Waals surface area contributed by atoms with Gasteiger partial charge in [-0.3, -0.25) is 0 Å². The number of carbonyl (C=O) groups is 1. The Morgan fingerprint density at radius 3 is 2.48 bits per heavy atom. The summed E-state index contributed by atoms with van der Waals surface area (Å²) in [7, 11) is -2.89. The monoisotopic (exact) mass is 478 g/mol. The van der Waals surface area contributed by atoms with Gasteiger partial charge in [-0.1, -0.05) is 0 Å². The van der Waals surface area contributed by atoms with Crippen LogP contribution in [0.5, 0.6) is 0 Å². The van der Waals surface area contributed by atoms with Crippen LogP contribution in [0.2, 0.25) is 0 Å². The summed E-state index contributed by atoms with van der Waals surface area (Å²) in [6.07, 6.45) is 2.69. The second kappa shape index (κ2) is 8.89. The van der Waals surface area contributed by atoms with Gasteiger partial charge in [0.2, 0.25) is 5.95 Å². The fraction of sp³-hybridized carbons (Fsp3) is 0.318. The van der Waals surface area contributed by atoms with E-state index < -0.39 is 45.7 Å². The molecule has 0 saturated carbocycles. The number of nitrogens with zero attached hydrogens (tertiary/aromatic N) is 4. The molecule has 11 heteroatoms. The third-order valence-corrected chi connectivity index (χ3v) is 6.60. The van der Waals surface area contributed by atoms with E-state index in [0.29, 0.717) is 9.54 Å². The van der Waals surface area contributed by atoms with Gasteiger partial charge in [-0.15, -0.1) is 0 Å². The second-order valence-corrected chi connectivity index (χ2v) is 10.2. The Hall–Kier alpha value is -3.34. The maximum atomic E-state index is 15.5. The SMILES string of the molecule is Cc1ccnc(S(=O)(=O)n2cc(COC(=O)N(C)C(C)(C)C)c(F)c2-c2cccnc2F)c1. The first-order valence-electron chi connectivity index (χ1n) is 9.93. The number of aryl methyl sites for hydroxylation is 1. The van der Waals surface area contributed by atoms with Gasteiger partial charge >= 0.3 is 6.09 Å². The molecule has 3 aromatic rings. The quantitative estimate of drug-likeness (QED) is 0.512. The van der Waals surface area contributed by atoms with E-state index in [0.717, 1.165) is 12.4 Å². The van der Waals surface area contributed by atoms with E-state index in [1.807, 2.05) is 0 Å². The fourth-order valence-electron chi connectivity index (χ4n) is 2.86. The van der Waals surface area contributed by atoms with Crippen molar-refractivity contribution in [3.05, 3.63) is 65.7 Å². The summed E-state index contributed by atoms with van der Waals surface area (Å²) >= 11 is 0. The molecule has 0 bridgehead atoms. The Labute approximate surface area is 190 Å². The zero-order valence-electron chi connectivity index (χ0n) is 18.8. The third kappa shape index (κ3) is 4.87. The lowest BCUT2D eigenvalue weighted by Crippen LogP contribution is -2.42. The van der Waals surface area contributed by atoms with Crippen LogP contribution in [0, 0.1) is 18.7 Å². The molecular weight excluding hydrogens is 454 g/mol. The minimum Gasteiger partial charge on any atom is -0.444 e.